The summed E-state index contributed by atoms with van der Waals surface area (Å²) in [4.78, 5) is 14.5. The summed E-state index contributed by atoms with van der Waals surface area (Å²) in [6.45, 7) is 3.18. The predicted octanol–water partition coefficient (Wildman–Crippen LogP) is 2.86. The van der Waals surface area contributed by atoms with E-state index in [-0.39, 0.29) is 29.4 Å². The largest absolute Gasteiger partial charge is 0.484 e. The lowest BCUT2D eigenvalue weighted by atomic mass is 9.51. The van der Waals surface area contributed by atoms with Crippen LogP contribution in [0.3, 0.4) is 0 Å². The lowest BCUT2D eigenvalue weighted by molar-refractivity contribution is -0.132. The van der Waals surface area contributed by atoms with Gasteiger partial charge < -0.3 is 14.6 Å². The Morgan fingerprint density at radius 2 is 1.97 bits per heavy atom. The maximum atomic E-state index is 13.7. The van der Waals surface area contributed by atoms with Gasteiger partial charge in [-0.15, -0.1) is 0 Å². The predicted molar refractivity (Wildman–Crippen MR) is 145 cm³/mol. The van der Waals surface area contributed by atoms with Gasteiger partial charge >= 0.3 is 5.97 Å². The van der Waals surface area contributed by atoms with Gasteiger partial charge in [0.05, 0.1) is 17.9 Å². The number of likely N-dealkylation sites (tertiary alicyclic amines) is 1. The summed E-state index contributed by atoms with van der Waals surface area (Å²) in [6, 6.07) is 13.2. The molecule has 2 heterocycles. The third-order valence-electron chi connectivity index (χ3n) is 10.1. The number of ether oxygens (including phenoxy) is 2. The molecule has 39 heavy (non-hydrogen) atoms. The number of carbonyl (C=O) groups is 1. The molecule has 8 nitrogen and oxygen atoms in total. The van der Waals surface area contributed by atoms with Gasteiger partial charge in [-0.1, -0.05) is 36.4 Å². The number of aliphatic hydroxyl groups is 1. The normalized spacial score (nSPS) is 34.4. The van der Waals surface area contributed by atoms with E-state index in [1.165, 1.54) is 12.5 Å². The Morgan fingerprint density at radius 1 is 1.21 bits per heavy atom. The fraction of sp³-hybridized carbons (Fsp3) is 0.567. The number of nitrogens with zero attached hydrogens (tertiary/aromatic N) is 2. The van der Waals surface area contributed by atoms with Crippen LogP contribution in [0.5, 0.6) is 11.5 Å². The molecule has 208 valence electrons. The van der Waals surface area contributed by atoms with Crippen molar-refractivity contribution in [1.29, 1.82) is 0 Å². The van der Waals surface area contributed by atoms with Crippen LogP contribution in [0.4, 0.5) is 0 Å². The zero-order valence-electron chi connectivity index (χ0n) is 22.5. The van der Waals surface area contributed by atoms with Gasteiger partial charge in [-0.3, -0.25) is 9.69 Å². The van der Waals surface area contributed by atoms with Crippen molar-refractivity contribution in [3.8, 4) is 11.5 Å². The molecule has 5 aliphatic rings. The van der Waals surface area contributed by atoms with Crippen molar-refractivity contribution in [1.82, 2.24) is 9.21 Å². The van der Waals surface area contributed by atoms with Crippen molar-refractivity contribution >= 4 is 16.0 Å². The molecule has 1 saturated heterocycles. The maximum Gasteiger partial charge on any atom is 0.308 e. The van der Waals surface area contributed by atoms with Gasteiger partial charge in [0.2, 0.25) is 10.0 Å². The maximum absolute atomic E-state index is 13.7. The van der Waals surface area contributed by atoms with Crippen LogP contribution < -0.4 is 9.47 Å². The minimum atomic E-state index is -3.60. The lowest BCUT2D eigenvalue weighted by Gasteiger charge is -2.60. The minimum absolute atomic E-state index is 0.0546. The Labute approximate surface area is 229 Å². The molecule has 2 unspecified atom stereocenters. The fourth-order valence-electron chi connectivity index (χ4n) is 8.24. The number of piperidine rings is 1. The van der Waals surface area contributed by atoms with E-state index < -0.39 is 16.0 Å². The van der Waals surface area contributed by atoms with Crippen molar-refractivity contribution < 1.29 is 27.8 Å². The van der Waals surface area contributed by atoms with Crippen molar-refractivity contribution in [3.05, 3.63) is 59.2 Å². The standard InChI is InChI=1S/C30H36N2O6S/c1-18(33)37-26-11-8-20-14-24-22-9-10-23(31(2)39(35,36)17-19-6-4-3-5-7-19)29-30(22,27(20)28(26)38-29)12-13-32(24)16-21-15-25(21)34/h3-8,11,21-25,29,34H,9-10,12-17H2,1-2H3/t21?,22-,23+,24+,25?,29-,30-/m0/s1. The molecule has 2 saturated carbocycles. The summed E-state index contributed by atoms with van der Waals surface area (Å²) in [5.41, 5.74) is 2.78. The van der Waals surface area contributed by atoms with E-state index in [1.807, 2.05) is 36.4 Å². The van der Waals surface area contributed by atoms with Crippen LogP contribution in [0, 0.1) is 11.8 Å². The van der Waals surface area contributed by atoms with Gasteiger partial charge in [-0.05, 0) is 61.8 Å². The van der Waals surface area contributed by atoms with Gasteiger partial charge in [0, 0.05) is 43.5 Å². The minimum Gasteiger partial charge on any atom is -0.484 e. The third kappa shape index (κ3) is 3.96. The van der Waals surface area contributed by atoms with Crippen molar-refractivity contribution in [3.63, 3.8) is 0 Å². The van der Waals surface area contributed by atoms with Gasteiger partial charge in [-0.25, -0.2) is 8.42 Å². The highest BCUT2D eigenvalue weighted by Gasteiger charge is 2.67. The molecule has 1 N–H and O–H groups in total. The first kappa shape index (κ1) is 25.5. The molecule has 2 aliphatic heterocycles. The molecular weight excluding hydrogens is 516 g/mol. The number of likely N-dealkylation sites (N-methyl/N-ethyl adjacent to an activating group) is 1. The quantitative estimate of drug-likeness (QED) is 0.417. The number of aliphatic hydroxyl groups excluding tert-OH is 1. The van der Waals surface area contributed by atoms with Crippen LogP contribution in [0.15, 0.2) is 42.5 Å². The van der Waals surface area contributed by atoms with E-state index in [4.69, 9.17) is 9.47 Å². The SMILES string of the molecule is CC(=O)Oc1ccc2c3c1O[C@H]1[C@H](N(C)S(=O)(=O)Cc4ccccc4)CC[C@H]4[C@@H](C2)N(CC2CC2O)CC[C@@]341. The molecule has 3 aliphatic carbocycles. The summed E-state index contributed by atoms with van der Waals surface area (Å²) in [5.74, 6) is 1.27. The third-order valence-corrected chi connectivity index (χ3v) is 11.9. The molecule has 2 aromatic carbocycles. The van der Waals surface area contributed by atoms with E-state index in [0.717, 1.165) is 49.9 Å². The van der Waals surface area contributed by atoms with Gasteiger partial charge in [0.25, 0.3) is 0 Å². The molecule has 9 heteroatoms. The van der Waals surface area contributed by atoms with Crippen LogP contribution in [0.25, 0.3) is 0 Å². The highest BCUT2D eigenvalue weighted by molar-refractivity contribution is 7.88. The highest BCUT2D eigenvalue weighted by atomic mass is 32.2. The molecule has 7 rings (SSSR count). The molecule has 2 aromatic rings. The molecule has 2 bridgehead atoms. The molecule has 0 radical (unpaired) electrons. The molecular formula is C30H36N2O6S. The van der Waals surface area contributed by atoms with Crippen molar-refractivity contribution in [2.45, 2.75) is 74.5 Å². The van der Waals surface area contributed by atoms with E-state index >= 15 is 0 Å². The zero-order chi connectivity index (χ0) is 27.1. The Morgan fingerprint density at radius 3 is 2.69 bits per heavy atom. The lowest BCUT2D eigenvalue weighted by Crippen LogP contribution is -2.69. The number of hydrogen-bond donors (Lipinski definition) is 1. The van der Waals surface area contributed by atoms with E-state index in [0.29, 0.717) is 35.8 Å². The number of carbonyl (C=O) groups excluding carboxylic acids is 1. The second-order valence-corrected chi connectivity index (χ2v) is 14.2. The van der Waals surface area contributed by atoms with E-state index in [2.05, 4.69) is 11.0 Å². The summed E-state index contributed by atoms with van der Waals surface area (Å²) in [6.07, 6.45) is 3.70. The number of benzene rings is 2. The summed E-state index contributed by atoms with van der Waals surface area (Å²) < 4.78 is 41.3. The molecule has 7 atom stereocenters. The van der Waals surface area contributed by atoms with Crippen molar-refractivity contribution in [2.75, 3.05) is 20.1 Å². The average Bonchev–Trinajstić information content (AvgIpc) is 3.48. The summed E-state index contributed by atoms with van der Waals surface area (Å²) >= 11 is 0. The zero-order valence-corrected chi connectivity index (χ0v) is 23.3. The molecule has 1 spiro atoms. The summed E-state index contributed by atoms with van der Waals surface area (Å²) in [7, 11) is -1.90. The number of rotatable bonds is 7. The monoisotopic (exact) mass is 552 g/mol. The Kier molecular flexibility index (Phi) is 5.90. The Hall–Kier alpha value is -2.46. The average molecular weight is 553 g/mol. The Bertz CT molecular complexity index is 1410. The van der Waals surface area contributed by atoms with Gasteiger partial charge in [-0.2, -0.15) is 4.31 Å². The highest BCUT2D eigenvalue weighted by Crippen LogP contribution is 2.64. The second-order valence-electron chi connectivity index (χ2n) is 12.2. The van der Waals surface area contributed by atoms with Crippen LogP contribution in [0.1, 0.15) is 49.3 Å². The van der Waals surface area contributed by atoms with Gasteiger partial charge in [0.15, 0.2) is 11.5 Å². The first-order valence-electron chi connectivity index (χ1n) is 14.1. The van der Waals surface area contributed by atoms with E-state index in [9.17, 15) is 18.3 Å². The summed E-state index contributed by atoms with van der Waals surface area (Å²) in [5, 5.41) is 10.1. The Balaban J connectivity index is 1.28. The van der Waals surface area contributed by atoms with E-state index in [1.54, 1.807) is 11.4 Å². The first-order chi connectivity index (χ1) is 18.7. The van der Waals surface area contributed by atoms with Crippen LogP contribution in [0.2, 0.25) is 0 Å². The van der Waals surface area contributed by atoms with Gasteiger partial charge in [0.1, 0.15) is 6.10 Å². The van der Waals surface area contributed by atoms with Crippen LogP contribution in [-0.4, -0.2) is 73.1 Å². The number of esters is 1. The molecule has 0 aromatic heterocycles. The fourth-order valence-corrected chi connectivity index (χ4v) is 9.69. The second kappa shape index (κ2) is 9.03. The topological polar surface area (TPSA) is 96.4 Å². The number of sulfonamides is 1. The number of hydrogen-bond acceptors (Lipinski definition) is 7. The smallest absolute Gasteiger partial charge is 0.308 e. The van der Waals surface area contributed by atoms with Crippen LogP contribution >= 0.6 is 0 Å². The first-order valence-corrected chi connectivity index (χ1v) is 15.7. The van der Waals surface area contributed by atoms with Crippen LogP contribution in [-0.2, 0) is 32.4 Å². The molecule has 3 fully saturated rings. The molecule has 0 amide bonds. The van der Waals surface area contributed by atoms with Crippen molar-refractivity contribution in [2.24, 2.45) is 11.8 Å².